The van der Waals surface area contributed by atoms with E-state index in [0.717, 1.165) is 25.7 Å². The molecule has 0 bridgehead atoms. The van der Waals surface area contributed by atoms with E-state index >= 15 is 0 Å². The molecule has 1 aliphatic rings. The van der Waals surface area contributed by atoms with E-state index in [4.69, 9.17) is 4.52 Å². The van der Waals surface area contributed by atoms with Crippen molar-refractivity contribution >= 4 is 17.5 Å². The molecule has 1 heterocycles. The van der Waals surface area contributed by atoms with Crippen molar-refractivity contribution in [3.05, 3.63) is 23.4 Å². The quantitative estimate of drug-likeness (QED) is 0.308. The van der Waals surface area contributed by atoms with Gasteiger partial charge in [-0.05, 0) is 56.1 Å². The van der Waals surface area contributed by atoms with Gasteiger partial charge in [0.2, 0.25) is 5.91 Å². The van der Waals surface area contributed by atoms with Crippen LogP contribution in [0.3, 0.4) is 0 Å². The van der Waals surface area contributed by atoms with E-state index in [0.29, 0.717) is 18.0 Å². The molecule has 4 N–H and O–H groups in total. The van der Waals surface area contributed by atoms with Crippen molar-refractivity contribution in [3.63, 3.8) is 0 Å². The van der Waals surface area contributed by atoms with Crippen molar-refractivity contribution < 1.29 is 24.3 Å². The number of nitrogens with zero attached hydrogens (tertiary/aromatic N) is 1. The SMILES string of the molecule is CCCCCC1CCC(C(=O)Nc2c(C(=O)NCC)noc2-c2cc(C(C)C)c(O)cc2O)CC1. The molecule has 0 atom stereocenters. The molecule has 1 aromatic carbocycles. The van der Waals surface area contributed by atoms with Gasteiger partial charge in [0.25, 0.3) is 5.91 Å². The van der Waals surface area contributed by atoms with Gasteiger partial charge < -0.3 is 25.4 Å². The Hall–Kier alpha value is -3.03. The molecule has 192 valence electrons. The standard InChI is InChI=1S/C27H39N3O5/c1-5-7-8-9-17-10-12-18(13-11-17)26(33)29-23-24(27(34)28-6-2)30-35-25(23)20-14-19(16(3)4)21(31)15-22(20)32/h14-18,31-32H,5-13H2,1-4H3,(H,28,34)(H,29,33). The summed E-state index contributed by atoms with van der Waals surface area (Å²) in [5.74, 6) is -0.320. The Balaban J connectivity index is 1.86. The molecule has 1 fully saturated rings. The highest BCUT2D eigenvalue weighted by Gasteiger charge is 2.31. The van der Waals surface area contributed by atoms with Gasteiger partial charge in [-0.25, -0.2) is 0 Å². The third kappa shape index (κ3) is 6.35. The first-order chi connectivity index (χ1) is 16.8. The Kier molecular flexibility index (Phi) is 9.18. The summed E-state index contributed by atoms with van der Waals surface area (Å²) in [7, 11) is 0. The van der Waals surface area contributed by atoms with E-state index in [1.54, 1.807) is 13.0 Å². The number of amides is 2. The Bertz CT molecular complexity index is 1020. The second kappa shape index (κ2) is 12.1. The molecule has 0 aliphatic heterocycles. The maximum absolute atomic E-state index is 13.2. The van der Waals surface area contributed by atoms with Gasteiger partial charge in [-0.1, -0.05) is 51.6 Å². The number of carbonyl (C=O) groups excluding carboxylic acids is 2. The summed E-state index contributed by atoms with van der Waals surface area (Å²) in [5, 5.41) is 30.3. The highest BCUT2D eigenvalue weighted by Crippen LogP contribution is 2.42. The van der Waals surface area contributed by atoms with Crippen LogP contribution in [-0.4, -0.2) is 33.7 Å². The van der Waals surface area contributed by atoms with E-state index in [1.807, 2.05) is 13.8 Å². The Morgan fingerprint density at radius 2 is 1.80 bits per heavy atom. The minimum atomic E-state index is -0.472. The molecule has 0 radical (unpaired) electrons. The molecule has 35 heavy (non-hydrogen) atoms. The molecule has 2 aromatic rings. The zero-order valence-electron chi connectivity index (χ0n) is 21.3. The fraction of sp³-hybridized carbons (Fsp3) is 0.593. The number of unbranched alkanes of at least 4 members (excludes halogenated alkanes) is 2. The molecular weight excluding hydrogens is 446 g/mol. The number of phenols is 2. The molecule has 8 nitrogen and oxygen atoms in total. The number of rotatable bonds is 10. The van der Waals surface area contributed by atoms with Crippen molar-refractivity contribution in [2.45, 2.75) is 85.0 Å². The van der Waals surface area contributed by atoms with Gasteiger partial charge >= 0.3 is 0 Å². The third-order valence-corrected chi connectivity index (χ3v) is 6.94. The van der Waals surface area contributed by atoms with Gasteiger partial charge in [-0.15, -0.1) is 0 Å². The van der Waals surface area contributed by atoms with E-state index in [1.165, 1.54) is 31.7 Å². The lowest BCUT2D eigenvalue weighted by atomic mass is 9.79. The number of anilines is 1. The van der Waals surface area contributed by atoms with Crippen molar-refractivity contribution in [2.24, 2.45) is 11.8 Å². The number of phenolic OH excluding ortho intramolecular Hbond substituents is 2. The van der Waals surface area contributed by atoms with Gasteiger partial charge in [-0.3, -0.25) is 9.59 Å². The molecule has 1 saturated carbocycles. The summed E-state index contributed by atoms with van der Waals surface area (Å²) >= 11 is 0. The van der Waals surface area contributed by atoms with Gasteiger partial charge in [0.15, 0.2) is 11.5 Å². The van der Waals surface area contributed by atoms with Gasteiger partial charge in [0.1, 0.15) is 17.2 Å². The third-order valence-electron chi connectivity index (χ3n) is 6.94. The minimum Gasteiger partial charge on any atom is -0.508 e. The van der Waals surface area contributed by atoms with Gasteiger partial charge in [0, 0.05) is 18.5 Å². The fourth-order valence-electron chi connectivity index (χ4n) is 4.85. The molecule has 0 spiro atoms. The van der Waals surface area contributed by atoms with E-state index < -0.39 is 5.91 Å². The van der Waals surface area contributed by atoms with Crippen LogP contribution in [0, 0.1) is 11.8 Å². The maximum atomic E-state index is 13.2. The molecule has 3 rings (SSSR count). The highest BCUT2D eigenvalue weighted by atomic mass is 16.5. The Morgan fingerprint density at radius 3 is 2.43 bits per heavy atom. The topological polar surface area (TPSA) is 125 Å². The number of nitrogens with one attached hydrogen (secondary N) is 2. The second-order valence-corrected chi connectivity index (χ2v) is 9.88. The van der Waals surface area contributed by atoms with Crippen molar-refractivity contribution in [3.8, 4) is 22.8 Å². The largest absolute Gasteiger partial charge is 0.508 e. The lowest BCUT2D eigenvalue weighted by Gasteiger charge is -2.27. The lowest BCUT2D eigenvalue weighted by Crippen LogP contribution is -2.29. The van der Waals surface area contributed by atoms with Crippen LogP contribution >= 0.6 is 0 Å². The predicted molar refractivity (Wildman–Crippen MR) is 136 cm³/mol. The second-order valence-electron chi connectivity index (χ2n) is 9.88. The van der Waals surface area contributed by atoms with Crippen LogP contribution in [0.2, 0.25) is 0 Å². The zero-order valence-corrected chi connectivity index (χ0v) is 21.3. The summed E-state index contributed by atoms with van der Waals surface area (Å²) in [4.78, 5) is 25.9. The van der Waals surface area contributed by atoms with E-state index in [9.17, 15) is 19.8 Å². The zero-order chi connectivity index (χ0) is 25.5. The van der Waals surface area contributed by atoms with E-state index in [2.05, 4.69) is 22.7 Å². The van der Waals surface area contributed by atoms with E-state index in [-0.39, 0.29) is 51.9 Å². The first-order valence-electron chi connectivity index (χ1n) is 12.9. The number of aromatic nitrogens is 1. The van der Waals surface area contributed by atoms with Crippen LogP contribution in [0.25, 0.3) is 11.3 Å². The van der Waals surface area contributed by atoms with Crippen LogP contribution in [0.1, 0.15) is 101 Å². The molecule has 1 aliphatic carbocycles. The van der Waals surface area contributed by atoms with Gasteiger partial charge in [0.05, 0.1) is 5.56 Å². The number of aromatic hydroxyl groups is 2. The first kappa shape index (κ1) is 26.6. The normalized spacial score (nSPS) is 18.0. The van der Waals surface area contributed by atoms with Gasteiger partial charge in [-0.2, -0.15) is 0 Å². The maximum Gasteiger partial charge on any atom is 0.275 e. The molecule has 8 heteroatoms. The van der Waals surface area contributed by atoms with Crippen molar-refractivity contribution in [2.75, 3.05) is 11.9 Å². The predicted octanol–water partition coefficient (Wildman–Crippen LogP) is 5.95. The van der Waals surface area contributed by atoms with Crippen LogP contribution in [0.15, 0.2) is 16.7 Å². The monoisotopic (exact) mass is 485 g/mol. The molecule has 0 saturated heterocycles. The molecule has 2 amide bonds. The van der Waals surface area contributed by atoms with Crippen LogP contribution in [0.4, 0.5) is 5.69 Å². The summed E-state index contributed by atoms with van der Waals surface area (Å²) < 4.78 is 5.50. The first-order valence-corrected chi connectivity index (χ1v) is 12.9. The van der Waals surface area contributed by atoms with Crippen LogP contribution in [0.5, 0.6) is 11.5 Å². The molecular formula is C27H39N3O5. The number of hydrogen-bond donors (Lipinski definition) is 4. The molecule has 1 aromatic heterocycles. The summed E-state index contributed by atoms with van der Waals surface area (Å²) in [6.07, 6.45) is 8.59. The van der Waals surface area contributed by atoms with Crippen LogP contribution in [-0.2, 0) is 4.79 Å². The minimum absolute atomic E-state index is 0.0225. The Labute approximate surface area is 207 Å². The fourth-order valence-corrected chi connectivity index (χ4v) is 4.85. The summed E-state index contributed by atoms with van der Waals surface area (Å²) in [6, 6.07) is 2.85. The lowest BCUT2D eigenvalue weighted by molar-refractivity contribution is -0.121. The van der Waals surface area contributed by atoms with Crippen LogP contribution < -0.4 is 10.6 Å². The summed E-state index contributed by atoms with van der Waals surface area (Å²) in [5.41, 5.74) is 0.959. The number of hydrogen-bond acceptors (Lipinski definition) is 6. The molecule has 0 unspecified atom stereocenters. The number of carbonyl (C=O) groups is 2. The van der Waals surface area contributed by atoms with Crippen molar-refractivity contribution in [1.29, 1.82) is 0 Å². The smallest absolute Gasteiger partial charge is 0.275 e. The highest BCUT2D eigenvalue weighted by molar-refractivity contribution is 6.06. The average Bonchev–Trinajstić information content (AvgIpc) is 3.23. The summed E-state index contributed by atoms with van der Waals surface area (Å²) in [6.45, 7) is 8.21. The van der Waals surface area contributed by atoms with Crippen molar-refractivity contribution in [1.82, 2.24) is 10.5 Å². The Morgan fingerprint density at radius 1 is 1.09 bits per heavy atom. The average molecular weight is 486 g/mol. The number of benzene rings is 1.